The van der Waals surface area contributed by atoms with E-state index < -0.39 is 0 Å². The summed E-state index contributed by atoms with van der Waals surface area (Å²) in [6.07, 6.45) is 5.27. The highest BCUT2D eigenvalue weighted by Crippen LogP contribution is 2.25. The zero-order valence-electron chi connectivity index (χ0n) is 18.3. The largest absolute Gasteiger partial charge is 0.396 e. The maximum atomic E-state index is 13.5. The van der Waals surface area contributed by atoms with Crippen molar-refractivity contribution in [2.45, 2.75) is 65.2 Å². The first-order chi connectivity index (χ1) is 14.4. The first kappa shape index (κ1) is 27.6. The van der Waals surface area contributed by atoms with E-state index in [1.165, 1.54) is 17.7 Å². The highest BCUT2D eigenvalue weighted by Gasteiger charge is 2.11. The molecule has 0 amide bonds. The fourth-order valence-electron chi connectivity index (χ4n) is 2.91. The van der Waals surface area contributed by atoms with Crippen molar-refractivity contribution < 1.29 is 23.5 Å². The number of aryl methyl sites for hydroxylation is 1. The Hall–Kier alpha value is -2.40. The lowest BCUT2D eigenvalue weighted by atomic mass is 9.94. The number of carbonyl (C=O) groups excluding carboxylic acids is 2. The van der Waals surface area contributed by atoms with E-state index in [4.69, 9.17) is 9.90 Å². The molecule has 5 heteroatoms. The van der Waals surface area contributed by atoms with Gasteiger partial charge >= 0.3 is 0 Å². The van der Waals surface area contributed by atoms with Gasteiger partial charge < -0.3 is 9.90 Å². The molecule has 0 bridgehead atoms. The minimum Gasteiger partial charge on any atom is -0.396 e. The van der Waals surface area contributed by atoms with Crippen LogP contribution in [-0.2, 0) is 4.79 Å². The SMILES string of the molecule is C=O.CC(CCCCCCO)c1cc(F)ccc1F.CCC(=O)c1ccc(C)cc1. The van der Waals surface area contributed by atoms with Crippen molar-refractivity contribution >= 4 is 12.6 Å². The average Bonchev–Trinajstić information content (AvgIpc) is 2.77. The molecule has 0 saturated carbocycles. The van der Waals surface area contributed by atoms with Gasteiger partial charge in [-0.2, -0.15) is 0 Å². The molecule has 166 valence electrons. The molecule has 0 radical (unpaired) electrons. The highest BCUT2D eigenvalue weighted by molar-refractivity contribution is 5.95. The Morgan fingerprint density at radius 1 is 1.00 bits per heavy atom. The van der Waals surface area contributed by atoms with Crippen LogP contribution in [0, 0.1) is 18.6 Å². The van der Waals surface area contributed by atoms with E-state index in [1.807, 2.05) is 51.8 Å². The number of carbonyl (C=O) groups is 2. The van der Waals surface area contributed by atoms with E-state index >= 15 is 0 Å². The van der Waals surface area contributed by atoms with Crippen LogP contribution in [0.25, 0.3) is 0 Å². The summed E-state index contributed by atoms with van der Waals surface area (Å²) in [5.41, 5.74) is 2.47. The number of hydrogen-bond donors (Lipinski definition) is 1. The second kappa shape index (κ2) is 16.4. The fourth-order valence-corrected chi connectivity index (χ4v) is 2.91. The predicted octanol–water partition coefficient (Wildman–Crippen LogP) is 6.41. The summed E-state index contributed by atoms with van der Waals surface area (Å²) in [6, 6.07) is 11.3. The van der Waals surface area contributed by atoms with E-state index in [0.717, 1.165) is 43.7 Å². The van der Waals surface area contributed by atoms with E-state index in [1.54, 1.807) is 0 Å². The predicted molar refractivity (Wildman–Crippen MR) is 118 cm³/mol. The van der Waals surface area contributed by atoms with Gasteiger partial charge in [-0.05, 0) is 49.4 Å². The number of aliphatic hydroxyl groups is 1. The second-order valence-electron chi connectivity index (χ2n) is 7.14. The van der Waals surface area contributed by atoms with Crippen LogP contribution >= 0.6 is 0 Å². The highest BCUT2D eigenvalue weighted by atomic mass is 19.1. The molecule has 0 aliphatic carbocycles. The van der Waals surface area contributed by atoms with Gasteiger partial charge in [0.15, 0.2) is 5.78 Å². The van der Waals surface area contributed by atoms with Crippen LogP contribution < -0.4 is 0 Å². The molecule has 0 aliphatic rings. The van der Waals surface area contributed by atoms with Gasteiger partial charge in [0.2, 0.25) is 0 Å². The van der Waals surface area contributed by atoms with E-state index in [2.05, 4.69) is 0 Å². The van der Waals surface area contributed by atoms with Gasteiger partial charge in [0.1, 0.15) is 18.4 Å². The molecule has 0 spiro atoms. The Morgan fingerprint density at radius 2 is 1.60 bits per heavy atom. The Kier molecular flexibility index (Phi) is 15.1. The third-order valence-corrected chi connectivity index (χ3v) is 4.73. The number of unbranched alkanes of at least 4 members (excludes halogenated alkanes) is 3. The third-order valence-electron chi connectivity index (χ3n) is 4.73. The molecule has 2 rings (SSSR count). The van der Waals surface area contributed by atoms with Crippen molar-refractivity contribution in [2.24, 2.45) is 0 Å². The summed E-state index contributed by atoms with van der Waals surface area (Å²) >= 11 is 0. The molecule has 1 unspecified atom stereocenters. The first-order valence-corrected chi connectivity index (χ1v) is 10.3. The quantitative estimate of drug-likeness (QED) is 0.376. The van der Waals surface area contributed by atoms with E-state index in [9.17, 15) is 13.6 Å². The topological polar surface area (TPSA) is 54.4 Å². The lowest BCUT2D eigenvalue weighted by Crippen LogP contribution is -1.98. The first-order valence-electron chi connectivity index (χ1n) is 10.3. The Balaban J connectivity index is 0.000000557. The van der Waals surface area contributed by atoms with Crippen molar-refractivity contribution in [1.82, 2.24) is 0 Å². The number of aliphatic hydroxyl groups excluding tert-OH is 1. The van der Waals surface area contributed by atoms with Crippen LogP contribution in [-0.4, -0.2) is 24.3 Å². The van der Waals surface area contributed by atoms with Crippen LogP contribution in [0.5, 0.6) is 0 Å². The minimum atomic E-state index is -0.381. The van der Waals surface area contributed by atoms with Crippen molar-refractivity contribution in [2.75, 3.05) is 6.61 Å². The maximum Gasteiger partial charge on any atom is 0.162 e. The molecule has 0 aliphatic heterocycles. The summed E-state index contributed by atoms with van der Waals surface area (Å²) in [7, 11) is 0. The smallest absolute Gasteiger partial charge is 0.162 e. The van der Waals surface area contributed by atoms with Gasteiger partial charge in [-0.3, -0.25) is 4.79 Å². The van der Waals surface area contributed by atoms with Crippen LogP contribution in [0.4, 0.5) is 8.78 Å². The molecule has 0 heterocycles. The molecule has 1 atom stereocenters. The van der Waals surface area contributed by atoms with Gasteiger partial charge in [-0.25, -0.2) is 8.78 Å². The molecular formula is C25H34F2O3. The van der Waals surface area contributed by atoms with Crippen molar-refractivity contribution in [3.8, 4) is 0 Å². The third kappa shape index (κ3) is 11.0. The molecule has 2 aromatic rings. The summed E-state index contributed by atoms with van der Waals surface area (Å²) in [4.78, 5) is 19.1. The second-order valence-corrected chi connectivity index (χ2v) is 7.14. The molecule has 1 N–H and O–H groups in total. The van der Waals surface area contributed by atoms with E-state index in [-0.39, 0.29) is 29.9 Å². The number of Topliss-reactive ketones (excluding diaryl/α,β-unsaturated/α-hetero) is 1. The fraction of sp³-hybridized carbons (Fsp3) is 0.440. The van der Waals surface area contributed by atoms with Gasteiger partial charge in [0.05, 0.1) is 0 Å². The number of rotatable bonds is 9. The van der Waals surface area contributed by atoms with Crippen molar-refractivity contribution in [3.63, 3.8) is 0 Å². The van der Waals surface area contributed by atoms with Gasteiger partial charge in [0.25, 0.3) is 0 Å². The van der Waals surface area contributed by atoms with Crippen LogP contribution in [0.15, 0.2) is 42.5 Å². The number of hydrogen-bond acceptors (Lipinski definition) is 3. The van der Waals surface area contributed by atoms with E-state index in [0.29, 0.717) is 12.0 Å². The molecule has 2 aromatic carbocycles. The molecule has 3 nitrogen and oxygen atoms in total. The van der Waals surface area contributed by atoms with Gasteiger partial charge in [-0.1, -0.05) is 62.9 Å². The number of ketones is 1. The normalized spacial score (nSPS) is 10.9. The Morgan fingerprint density at radius 3 is 2.17 bits per heavy atom. The monoisotopic (exact) mass is 420 g/mol. The zero-order chi connectivity index (χ0) is 22.9. The maximum absolute atomic E-state index is 13.5. The summed E-state index contributed by atoms with van der Waals surface area (Å²) in [5, 5.41) is 8.63. The average molecular weight is 421 g/mol. The Bertz CT molecular complexity index is 730. The molecule has 0 saturated heterocycles. The molecule has 0 fully saturated rings. The van der Waals surface area contributed by atoms with Crippen LogP contribution in [0.3, 0.4) is 0 Å². The van der Waals surface area contributed by atoms with Crippen molar-refractivity contribution in [1.29, 1.82) is 0 Å². The van der Waals surface area contributed by atoms with Gasteiger partial charge in [0, 0.05) is 18.6 Å². The zero-order valence-corrected chi connectivity index (χ0v) is 18.3. The minimum absolute atomic E-state index is 0.0415. The lowest BCUT2D eigenvalue weighted by Gasteiger charge is -2.12. The van der Waals surface area contributed by atoms with Crippen LogP contribution in [0.2, 0.25) is 0 Å². The standard InChI is InChI=1S/C14H20F2O.C10H12O.CH2O/c1-11(6-4-2-3-5-9-17)13-10-12(15)7-8-14(13)16;1-3-10(11)9-6-4-8(2)5-7-9;1-2/h7-8,10-11,17H,2-6,9H2,1H3;4-7H,3H2,1-2H3;1H2. The molecular weight excluding hydrogens is 386 g/mol. The van der Waals surface area contributed by atoms with Crippen LogP contribution in [0.1, 0.15) is 79.8 Å². The van der Waals surface area contributed by atoms with Gasteiger partial charge in [-0.15, -0.1) is 0 Å². The lowest BCUT2D eigenvalue weighted by molar-refractivity contribution is -0.0980. The number of halogens is 2. The molecule has 30 heavy (non-hydrogen) atoms. The number of benzene rings is 2. The summed E-state index contributed by atoms with van der Waals surface area (Å²) < 4.78 is 26.5. The Labute approximate surface area is 179 Å². The summed E-state index contributed by atoms with van der Waals surface area (Å²) in [5.74, 6) is -0.451. The summed E-state index contributed by atoms with van der Waals surface area (Å²) in [6.45, 7) is 8.04. The van der Waals surface area contributed by atoms with Crippen molar-refractivity contribution in [3.05, 3.63) is 70.8 Å². The molecule has 0 aromatic heterocycles.